The number of carbonyl (C=O) groups is 1. The van der Waals surface area contributed by atoms with Gasteiger partial charge in [0.1, 0.15) is 4.47 Å². The van der Waals surface area contributed by atoms with E-state index in [2.05, 4.69) is 20.9 Å². The highest BCUT2D eigenvalue weighted by Gasteiger charge is 2.08. The lowest BCUT2D eigenvalue weighted by Crippen LogP contribution is -2.23. The maximum atomic E-state index is 11.9. The second kappa shape index (κ2) is 5.93. The van der Waals surface area contributed by atoms with Crippen LogP contribution in [0.1, 0.15) is 22.5 Å². The Balaban J connectivity index is 2.10. The van der Waals surface area contributed by atoms with E-state index < -0.39 is 0 Å². The van der Waals surface area contributed by atoms with Crippen molar-refractivity contribution in [2.75, 3.05) is 0 Å². The van der Waals surface area contributed by atoms with Gasteiger partial charge in [0.05, 0.1) is 12.0 Å². The lowest BCUT2D eigenvalue weighted by atomic mass is 10.1. The maximum Gasteiger partial charge on any atom is 0.267 e. The molecule has 0 N–H and O–H groups in total. The molecule has 0 amide bonds. The summed E-state index contributed by atoms with van der Waals surface area (Å²) in [7, 11) is 0. The van der Waals surface area contributed by atoms with Crippen molar-refractivity contribution in [3.63, 3.8) is 0 Å². The van der Waals surface area contributed by atoms with Gasteiger partial charge in [-0.05, 0) is 22.9 Å². The van der Waals surface area contributed by atoms with E-state index in [0.29, 0.717) is 22.3 Å². The molecule has 0 radical (unpaired) electrons. The Hall–Kier alpha value is -1.75. The van der Waals surface area contributed by atoms with E-state index in [9.17, 15) is 9.59 Å². The van der Waals surface area contributed by atoms with Crippen LogP contribution in [0.5, 0.6) is 0 Å². The summed E-state index contributed by atoms with van der Waals surface area (Å²) in [6.07, 6.45) is 1.75. The molecular formula is C14H13BrN2O2. The van der Waals surface area contributed by atoms with Crippen LogP contribution in [0, 0.1) is 6.92 Å². The summed E-state index contributed by atoms with van der Waals surface area (Å²) in [6, 6.07) is 9.05. The Morgan fingerprint density at radius 1 is 1.32 bits per heavy atom. The zero-order valence-electron chi connectivity index (χ0n) is 10.5. The van der Waals surface area contributed by atoms with Crippen LogP contribution >= 0.6 is 15.9 Å². The van der Waals surface area contributed by atoms with Crippen molar-refractivity contribution >= 4 is 21.7 Å². The van der Waals surface area contributed by atoms with E-state index in [0.717, 1.165) is 0 Å². The molecule has 0 atom stereocenters. The minimum absolute atomic E-state index is 0.0178. The van der Waals surface area contributed by atoms with Crippen molar-refractivity contribution in [2.45, 2.75) is 19.9 Å². The number of hydrogen-bond acceptors (Lipinski definition) is 3. The number of carbonyl (C=O) groups excluding carboxylic acids is 1. The zero-order valence-corrected chi connectivity index (χ0v) is 12.1. The molecule has 0 aliphatic heterocycles. The molecule has 0 unspecified atom stereocenters. The average Bonchev–Trinajstić information content (AvgIpc) is 2.45. The molecule has 0 aliphatic rings. The summed E-state index contributed by atoms with van der Waals surface area (Å²) in [6.45, 7) is 2.09. The molecule has 0 saturated heterocycles. The van der Waals surface area contributed by atoms with E-state index in [1.165, 1.54) is 10.9 Å². The Labute approximate surface area is 119 Å². The quantitative estimate of drug-likeness (QED) is 0.814. The number of halogens is 1. The molecule has 0 bridgehead atoms. The van der Waals surface area contributed by atoms with Crippen molar-refractivity contribution in [3.8, 4) is 0 Å². The standard InChI is InChI=1S/C14H13BrN2O2/c1-10-13(15)14(19)17(9-16-10)8-7-12(18)11-5-3-2-4-6-11/h2-6,9H,7-8H2,1H3. The minimum Gasteiger partial charge on any atom is -0.298 e. The largest absolute Gasteiger partial charge is 0.298 e. The highest BCUT2D eigenvalue weighted by atomic mass is 79.9. The zero-order chi connectivity index (χ0) is 13.8. The maximum absolute atomic E-state index is 11.9. The Morgan fingerprint density at radius 3 is 2.68 bits per heavy atom. The van der Waals surface area contributed by atoms with Crippen molar-refractivity contribution < 1.29 is 4.79 Å². The first-order valence-corrected chi connectivity index (χ1v) is 6.68. The molecule has 0 aliphatic carbocycles. The SMILES string of the molecule is Cc1ncn(CCC(=O)c2ccccc2)c(=O)c1Br. The first-order chi connectivity index (χ1) is 9.09. The Bertz CT molecular complexity index is 650. The molecule has 0 spiro atoms. The van der Waals surface area contributed by atoms with Crippen LogP contribution in [-0.2, 0) is 6.54 Å². The van der Waals surface area contributed by atoms with Gasteiger partial charge in [0.2, 0.25) is 0 Å². The number of aromatic nitrogens is 2. The lowest BCUT2D eigenvalue weighted by Gasteiger charge is -2.06. The summed E-state index contributed by atoms with van der Waals surface area (Å²) < 4.78 is 1.89. The van der Waals surface area contributed by atoms with Crippen LogP contribution in [0.2, 0.25) is 0 Å². The van der Waals surface area contributed by atoms with Gasteiger partial charge in [0, 0.05) is 18.5 Å². The van der Waals surface area contributed by atoms with E-state index in [4.69, 9.17) is 0 Å². The monoisotopic (exact) mass is 320 g/mol. The fourth-order valence-electron chi connectivity index (χ4n) is 1.70. The number of rotatable bonds is 4. The number of aryl methyl sites for hydroxylation is 2. The second-order valence-electron chi connectivity index (χ2n) is 4.18. The van der Waals surface area contributed by atoms with E-state index in [-0.39, 0.29) is 17.8 Å². The van der Waals surface area contributed by atoms with Gasteiger partial charge >= 0.3 is 0 Å². The van der Waals surface area contributed by atoms with Crippen LogP contribution in [0.4, 0.5) is 0 Å². The predicted molar refractivity (Wildman–Crippen MR) is 76.3 cm³/mol. The van der Waals surface area contributed by atoms with Gasteiger partial charge in [-0.3, -0.25) is 14.2 Å². The molecule has 2 aromatic rings. The normalized spacial score (nSPS) is 10.4. The molecule has 1 aromatic heterocycles. The predicted octanol–water partition coefficient (Wildman–Crippen LogP) is 2.59. The topological polar surface area (TPSA) is 52.0 Å². The highest BCUT2D eigenvalue weighted by molar-refractivity contribution is 9.10. The third kappa shape index (κ3) is 3.17. The first-order valence-electron chi connectivity index (χ1n) is 5.89. The van der Waals surface area contributed by atoms with Crippen molar-refractivity contribution in [2.24, 2.45) is 0 Å². The van der Waals surface area contributed by atoms with Crippen LogP contribution in [0.3, 0.4) is 0 Å². The summed E-state index contributed by atoms with van der Waals surface area (Å²) in [4.78, 5) is 27.9. The highest BCUT2D eigenvalue weighted by Crippen LogP contribution is 2.07. The van der Waals surface area contributed by atoms with Gasteiger partial charge in [-0.2, -0.15) is 0 Å². The van der Waals surface area contributed by atoms with Crippen LogP contribution in [0.25, 0.3) is 0 Å². The molecule has 4 nitrogen and oxygen atoms in total. The van der Waals surface area contributed by atoms with Crippen LogP contribution in [0.15, 0.2) is 45.9 Å². The van der Waals surface area contributed by atoms with E-state index in [1.807, 2.05) is 18.2 Å². The number of Topliss-reactive ketones (excluding diaryl/α,β-unsaturated/α-hetero) is 1. The van der Waals surface area contributed by atoms with Gasteiger partial charge in [-0.25, -0.2) is 4.98 Å². The molecule has 2 rings (SSSR count). The lowest BCUT2D eigenvalue weighted by molar-refractivity contribution is 0.0976. The van der Waals surface area contributed by atoms with Gasteiger partial charge in [-0.1, -0.05) is 30.3 Å². The van der Waals surface area contributed by atoms with Crippen molar-refractivity contribution in [3.05, 3.63) is 62.7 Å². The molecule has 1 aromatic carbocycles. The molecule has 19 heavy (non-hydrogen) atoms. The number of ketones is 1. The first kappa shape index (κ1) is 13.7. The fraction of sp³-hybridized carbons (Fsp3) is 0.214. The number of nitrogens with zero attached hydrogens (tertiary/aromatic N) is 2. The van der Waals surface area contributed by atoms with Crippen LogP contribution < -0.4 is 5.56 Å². The van der Waals surface area contributed by atoms with Crippen molar-refractivity contribution in [1.29, 1.82) is 0 Å². The number of benzene rings is 1. The second-order valence-corrected chi connectivity index (χ2v) is 4.97. The Morgan fingerprint density at radius 2 is 2.00 bits per heavy atom. The Kier molecular flexibility index (Phi) is 4.27. The van der Waals surface area contributed by atoms with Gasteiger partial charge in [-0.15, -0.1) is 0 Å². The molecule has 98 valence electrons. The number of hydrogen-bond donors (Lipinski definition) is 0. The summed E-state index contributed by atoms with van der Waals surface area (Å²) in [5, 5.41) is 0. The van der Waals surface area contributed by atoms with Crippen LogP contribution in [-0.4, -0.2) is 15.3 Å². The van der Waals surface area contributed by atoms with E-state index in [1.54, 1.807) is 19.1 Å². The molecule has 1 heterocycles. The minimum atomic E-state index is -0.159. The third-order valence-electron chi connectivity index (χ3n) is 2.83. The summed E-state index contributed by atoms with van der Waals surface area (Å²) in [5.41, 5.74) is 1.15. The van der Waals surface area contributed by atoms with Crippen molar-refractivity contribution in [1.82, 2.24) is 9.55 Å². The summed E-state index contributed by atoms with van der Waals surface area (Å²) >= 11 is 3.20. The smallest absolute Gasteiger partial charge is 0.267 e. The van der Waals surface area contributed by atoms with Gasteiger partial charge in [0.15, 0.2) is 5.78 Å². The molecular weight excluding hydrogens is 308 g/mol. The molecule has 0 saturated carbocycles. The molecule has 5 heteroatoms. The molecule has 0 fully saturated rings. The van der Waals surface area contributed by atoms with E-state index >= 15 is 0 Å². The third-order valence-corrected chi connectivity index (χ3v) is 3.75. The fourth-order valence-corrected chi connectivity index (χ4v) is 2.03. The van der Waals surface area contributed by atoms with Gasteiger partial charge < -0.3 is 0 Å². The summed E-state index contributed by atoms with van der Waals surface area (Å²) in [5.74, 6) is 0.0178. The van der Waals surface area contributed by atoms with Gasteiger partial charge in [0.25, 0.3) is 5.56 Å². The average molecular weight is 321 g/mol.